The van der Waals surface area contributed by atoms with Gasteiger partial charge in [-0.15, -0.1) is 0 Å². The molecule has 1 saturated heterocycles. The number of hydrogen-bond donors (Lipinski definition) is 1. The Bertz CT molecular complexity index is 194. The number of alkyl carbamates (subject to hydrolysis) is 1. The van der Waals surface area contributed by atoms with Crippen LogP contribution in [0.15, 0.2) is 12.3 Å². The molecule has 62 valence electrons. The molecule has 1 N–H and O–H groups in total. The number of carbonyl (C=O) groups excluding carboxylic acids is 1. The van der Waals surface area contributed by atoms with E-state index in [-0.39, 0.29) is 11.6 Å². The lowest BCUT2D eigenvalue weighted by Crippen LogP contribution is -2.40. The largest absolute Gasteiger partial charge is 0.413 e. The van der Waals surface area contributed by atoms with Gasteiger partial charge in [0, 0.05) is 0 Å². The third-order valence-electron chi connectivity index (χ3n) is 2.30. The summed E-state index contributed by atoms with van der Waals surface area (Å²) in [6.07, 6.45) is 1.28. The Morgan fingerprint density at radius 1 is 1.55 bits per heavy atom. The molecule has 0 aromatic heterocycles. The van der Waals surface area contributed by atoms with E-state index in [2.05, 4.69) is 11.9 Å². The van der Waals surface area contributed by atoms with Gasteiger partial charge in [-0.05, 0) is 12.8 Å². The molecule has 0 aromatic rings. The smallest absolute Gasteiger partial charge is 0.413 e. The minimum atomic E-state index is -0.376. The van der Waals surface area contributed by atoms with E-state index in [1.165, 1.54) is 0 Å². The average molecular weight is 155 g/mol. The number of cyclic esters (lactones) is 1. The van der Waals surface area contributed by atoms with Crippen LogP contribution in [0.3, 0.4) is 0 Å². The zero-order valence-electron chi connectivity index (χ0n) is 6.94. The van der Waals surface area contributed by atoms with Crippen LogP contribution in [0, 0.1) is 0 Å². The Morgan fingerprint density at radius 3 is 2.27 bits per heavy atom. The molecule has 0 saturated carbocycles. The quantitative estimate of drug-likeness (QED) is 0.660. The molecule has 0 radical (unpaired) electrons. The number of nitrogens with one attached hydrogen (secondary N) is 1. The van der Waals surface area contributed by atoms with Gasteiger partial charge in [-0.1, -0.05) is 20.4 Å². The highest BCUT2D eigenvalue weighted by molar-refractivity contribution is 5.73. The maximum absolute atomic E-state index is 10.8. The Balaban J connectivity index is 2.84. The molecule has 0 spiro atoms. The minimum absolute atomic E-state index is 0.308. The highest BCUT2D eigenvalue weighted by Gasteiger charge is 2.40. The first kappa shape index (κ1) is 8.11. The van der Waals surface area contributed by atoms with E-state index in [0.29, 0.717) is 5.76 Å². The molecule has 3 nitrogen and oxygen atoms in total. The van der Waals surface area contributed by atoms with Crippen molar-refractivity contribution in [3.63, 3.8) is 0 Å². The van der Waals surface area contributed by atoms with Crippen LogP contribution in [0.2, 0.25) is 0 Å². The molecule has 1 heterocycles. The van der Waals surface area contributed by atoms with E-state index in [1.54, 1.807) is 0 Å². The van der Waals surface area contributed by atoms with Crippen LogP contribution in [0.25, 0.3) is 0 Å². The van der Waals surface area contributed by atoms with Crippen molar-refractivity contribution in [1.82, 2.24) is 5.32 Å². The topological polar surface area (TPSA) is 38.3 Å². The van der Waals surface area contributed by atoms with Gasteiger partial charge < -0.3 is 10.1 Å². The van der Waals surface area contributed by atoms with Crippen LogP contribution in [0.4, 0.5) is 4.79 Å². The Kier molecular flexibility index (Phi) is 1.89. The molecular formula is C8H13NO2. The van der Waals surface area contributed by atoms with Crippen molar-refractivity contribution in [2.24, 2.45) is 0 Å². The second-order valence-electron chi connectivity index (χ2n) is 2.73. The van der Waals surface area contributed by atoms with Gasteiger partial charge in [0.2, 0.25) is 0 Å². The molecular weight excluding hydrogens is 142 g/mol. The molecule has 1 aliphatic rings. The van der Waals surface area contributed by atoms with Gasteiger partial charge >= 0.3 is 6.09 Å². The van der Waals surface area contributed by atoms with E-state index in [9.17, 15) is 4.79 Å². The first-order chi connectivity index (χ1) is 5.14. The third-order valence-corrected chi connectivity index (χ3v) is 2.30. The fraction of sp³-hybridized carbons (Fsp3) is 0.625. The number of rotatable bonds is 2. The van der Waals surface area contributed by atoms with E-state index in [0.717, 1.165) is 12.8 Å². The zero-order chi connectivity index (χ0) is 8.48. The molecule has 11 heavy (non-hydrogen) atoms. The average Bonchev–Trinajstić information content (AvgIpc) is 2.27. The molecule has 3 heteroatoms. The summed E-state index contributed by atoms with van der Waals surface area (Å²) >= 11 is 0. The first-order valence-electron chi connectivity index (χ1n) is 3.84. The summed E-state index contributed by atoms with van der Waals surface area (Å²) in [5.41, 5.74) is -0.308. The van der Waals surface area contributed by atoms with Gasteiger partial charge in [0.25, 0.3) is 0 Å². The van der Waals surface area contributed by atoms with Gasteiger partial charge in [0.1, 0.15) is 11.3 Å². The van der Waals surface area contributed by atoms with Gasteiger partial charge in [0.05, 0.1) is 0 Å². The van der Waals surface area contributed by atoms with Crippen LogP contribution < -0.4 is 5.32 Å². The summed E-state index contributed by atoms with van der Waals surface area (Å²) in [6.45, 7) is 7.70. The van der Waals surface area contributed by atoms with E-state index >= 15 is 0 Å². The maximum Gasteiger partial charge on any atom is 0.413 e. The molecule has 1 aliphatic heterocycles. The summed E-state index contributed by atoms with van der Waals surface area (Å²) in [5.74, 6) is 0.549. The number of ether oxygens (including phenoxy) is 1. The number of carbonyl (C=O) groups is 1. The highest BCUT2D eigenvalue weighted by Crippen LogP contribution is 2.29. The molecule has 0 aliphatic carbocycles. The summed E-state index contributed by atoms with van der Waals surface area (Å²) in [6, 6.07) is 0. The van der Waals surface area contributed by atoms with Gasteiger partial charge in [-0.2, -0.15) is 0 Å². The molecule has 0 aromatic carbocycles. The number of amides is 1. The van der Waals surface area contributed by atoms with Crippen molar-refractivity contribution < 1.29 is 9.53 Å². The van der Waals surface area contributed by atoms with Crippen LogP contribution in [0.1, 0.15) is 26.7 Å². The summed E-state index contributed by atoms with van der Waals surface area (Å²) in [5, 5.41) is 2.76. The maximum atomic E-state index is 10.8. The Labute approximate surface area is 66.4 Å². The van der Waals surface area contributed by atoms with Crippen molar-refractivity contribution in [3.05, 3.63) is 12.3 Å². The van der Waals surface area contributed by atoms with Crippen LogP contribution in [-0.2, 0) is 4.74 Å². The highest BCUT2D eigenvalue weighted by atomic mass is 16.6. The van der Waals surface area contributed by atoms with E-state index < -0.39 is 0 Å². The molecule has 1 amide bonds. The van der Waals surface area contributed by atoms with Crippen LogP contribution >= 0.6 is 0 Å². The minimum Gasteiger partial charge on any atom is -0.413 e. The molecule has 0 unspecified atom stereocenters. The fourth-order valence-corrected chi connectivity index (χ4v) is 1.32. The molecule has 0 bridgehead atoms. The third kappa shape index (κ3) is 1.11. The van der Waals surface area contributed by atoms with Gasteiger partial charge in [0.15, 0.2) is 0 Å². The Morgan fingerprint density at radius 2 is 2.09 bits per heavy atom. The summed E-state index contributed by atoms with van der Waals surface area (Å²) in [4.78, 5) is 10.8. The lowest BCUT2D eigenvalue weighted by Gasteiger charge is -2.23. The standard InChI is InChI=1S/C8H13NO2/c1-4-8(5-2)6(3)11-7(10)9-8/h3-5H2,1-2H3,(H,9,10). The predicted molar refractivity (Wildman–Crippen MR) is 42.1 cm³/mol. The normalized spacial score (nSPS) is 21.3. The van der Waals surface area contributed by atoms with Gasteiger partial charge in [-0.25, -0.2) is 4.79 Å². The van der Waals surface area contributed by atoms with Gasteiger partial charge in [-0.3, -0.25) is 0 Å². The fourth-order valence-electron chi connectivity index (χ4n) is 1.32. The van der Waals surface area contributed by atoms with Crippen LogP contribution in [0.5, 0.6) is 0 Å². The van der Waals surface area contributed by atoms with Crippen molar-refractivity contribution in [1.29, 1.82) is 0 Å². The summed E-state index contributed by atoms with van der Waals surface area (Å²) in [7, 11) is 0. The molecule has 1 fully saturated rings. The lowest BCUT2D eigenvalue weighted by molar-refractivity contribution is 0.195. The Hall–Kier alpha value is -0.990. The second kappa shape index (κ2) is 2.57. The lowest BCUT2D eigenvalue weighted by atomic mass is 9.92. The van der Waals surface area contributed by atoms with E-state index in [1.807, 2.05) is 13.8 Å². The van der Waals surface area contributed by atoms with Crippen molar-refractivity contribution in [3.8, 4) is 0 Å². The monoisotopic (exact) mass is 155 g/mol. The van der Waals surface area contributed by atoms with E-state index in [4.69, 9.17) is 4.74 Å². The molecule has 1 rings (SSSR count). The van der Waals surface area contributed by atoms with Crippen molar-refractivity contribution >= 4 is 6.09 Å². The first-order valence-corrected chi connectivity index (χ1v) is 3.84. The predicted octanol–water partition coefficient (Wildman–Crippen LogP) is 1.80. The SMILES string of the molecule is C=C1OC(=O)NC1(CC)CC. The van der Waals surface area contributed by atoms with Crippen molar-refractivity contribution in [2.75, 3.05) is 0 Å². The molecule has 0 atom stereocenters. The van der Waals surface area contributed by atoms with Crippen molar-refractivity contribution in [2.45, 2.75) is 32.2 Å². The number of hydrogen-bond acceptors (Lipinski definition) is 2. The van der Waals surface area contributed by atoms with Crippen LogP contribution in [-0.4, -0.2) is 11.6 Å². The zero-order valence-corrected chi connectivity index (χ0v) is 6.94. The second-order valence-corrected chi connectivity index (χ2v) is 2.73. The summed E-state index contributed by atoms with van der Waals surface area (Å²) < 4.78 is 4.81.